The molecule has 0 saturated heterocycles. The van der Waals surface area contributed by atoms with E-state index in [1.165, 1.54) is 30.0 Å². The van der Waals surface area contributed by atoms with Gasteiger partial charge >= 0.3 is 5.97 Å². The van der Waals surface area contributed by atoms with Gasteiger partial charge in [0.1, 0.15) is 11.5 Å². The van der Waals surface area contributed by atoms with Gasteiger partial charge in [0.25, 0.3) is 5.91 Å². The van der Waals surface area contributed by atoms with Crippen molar-refractivity contribution in [2.45, 2.75) is 13.3 Å². The third-order valence-corrected chi connectivity index (χ3v) is 2.93. The summed E-state index contributed by atoms with van der Waals surface area (Å²) in [6.45, 7) is 1.91. The lowest BCUT2D eigenvalue weighted by Gasteiger charge is -2.24. The van der Waals surface area contributed by atoms with Gasteiger partial charge in [0, 0.05) is 6.54 Å². The first-order chi connectivity index (χ1) is 8.99. The number of halogens is 1. The van der Waals surface area contributed by atoms with Gasteiger partial charge in [-0.05, 0) is 31.6 Å². The molecule has 1 aliphatic rings. The van der Waals surface area contributed by atoms with E-state index in [1.807, 2.05) is 0 Å². The molecule has 0 bridgehead atoms. The van der Waals surface area contributed by atoms with Crippen LogP contribution in [0, 0.1) is 6.92 Å². The van der Waals surface area contributed by atoms with Gasteiger partial charge in [-0.2, -0.15) is 0 Å². The second-order valence-corrected chi connectivity index (χ2v) is 4.30. The van der Waals surface area contributed by atoms with Crippen LogP contribution in [0.2, 0.25) is 0 Å². The van der Waals surface area contributed by atoms with Crippen molar-refractivity contribution in [1.29, 1.82) is 0 Å². The molecule has 0 spiro atoms. The molecule has 5 nitrogen and oxygen atoms in total. The number of rotatable bonds is 2. The summed E-state index contributed by atoms with van der Waals surface area (Å²) in [7, 11) is 0. The van der Waals surface area contributed by atoms with Crippen molar-refractivity contribution in [3.8, 4) is 0 Å². The van der Waals surface area contributed by atoms with Crippen LogP contribution >= 0.6 is 0 Å². The van der Waals surface area contributed by atoms with Crippen molar-refractivity contribution in [3.05, 3.63) is 41.0 Å². The van der Waals surface area contributed by atoms with E-state index in [0.29, 0.717) is 13.0 Å². The number of amides is 1. The minimum Gasteiger partial charge on any atom is -0.478 e. The molecular weight excluding hydrogens is 251 g/mol. The Hall–Kier alpha value is -2.24. The number of nitrogens with zero attached hydrogens (tertiary/aromatic N) is 2. The van der Waals surface area contributed by atoms with Crippen molar-refractivity contribution >= 4 is 11.9 Å². The minimum atomic E-state index is -1.09. The van der Waals surface area contributed by atoms with Crippen LogP contribution in [0.25, 0.3) is 0 Å². The molecule has 1 aromatic rings. The molecule has 2 rings (SSSR count). The lowest BCUT2D eigenvalue weighted by molar-refractivity contribution is 0.0691. The number of aromatic nitrogens is 1. The van der Waals surface area contributed by atoms with Gasteiger partial charge in [-0.15, -0.1) is 0 Å². The summed E-state index contributed by atoms with van der Waals surface area (Å²) in [6, 6.07) is 2.70. The molecule has 0 unspecified atom stereocenters. The maximum atomic E-state index is 13.1. The van der Waals surface area contributed by atoms with Crippen molar-refractivity contribution in [2.24, 2.45) is 0 Å². The summed E-state index contributed by atoms with van der Waals surface area (Å²) in [5, 5.41) is 8.89. The average molecular weight is 264 g/mol. The van der Waals surface area contributed by atoms with Gasteiger partial charge in [0.2, 0.25) is 0 Å². The lowest BCUT2D eigenvalue weighted by atomic mass is 10.1. The fourth-order valence-corrected chi connectivity index (χ4v) is 1.94. The van der Waals surface area contributed by atoms with Crippen molar-refractivity contribution in [1.82, 2.24) is 9.88 Å². The predicted molar refractivity (Wildman–Crippen MR) is 65.6 cm³/mol. The van der Waals surface area contributed by atoms with Crippen LogP contribution in [0.4, 0.5) is 4.39 Å². The molecule has 0 saturated carbocycles. The number of aryl methyl sites for hydroxylation is 1. The van der Waals surface area contributed by atoms with E-state index in [-0.39, 0.29) is 35.2 Å². The molecule has 100 valence electrons. The Balaban J connectivity index is 2.23. The summed E-state index contributed by atoms with van der Waals surface area (Å²) in [6.07, 6.45) is 1.93. The van der Waals surface area contributed by atoms with E-state index in [9.17, 15) is 14.0 Å². The fraction of sp³-hybridized carbons (Fsp3) is 0.308. The second kappa shape index (κ2) is 5.17. The molecule has 0 atom stereocenters. The Morgan fingerprint density at radius 2 is 2.16 bits per heavy atom. The van der Waals surface area contributed by atoms with Gasteiger partial charge in [-0.3, -0.25) is 4.79 Å². The zero-order chi connectivity index (χ0) is 14.0. The zero-order valence-corrected chi connectivity index (χ0v) is 10.4. The fourth-order valence-electron chi connectivity index (χ4n) is 1.94. The first kappa shape index (κ1) is 13.2. The molecule has 0 fully saturated rings. The van der Waals surface area contributed by atoms with Crippen LogP contribution in [0.5, 0.6) is 0 Å². The second-order valence-electron chi connectivity index (χ2n) is 4.30. The SMILES string of the molecule is Cc1nc(C(=O)N2CCC=C(F)C2)ccc1C(=O)O. The highest BCUT2D eigenvalue weighted by molar-refractivity contribution is 5.94. The van der Waals surface area contributed by atoms with Crippen molar-refractivity contribution in [2.75, 3.05) is 13.1 Å². The normalized spacial score (nSPS) is 15.1. The monoisotopic (exact) mass is 264 g/mol. The maximum absolute atomic E-state index is 13.1. The lowest BCUT2D eigenvalue weighted by Crippen LogP contribution is -2.35. The minimum absolute atomic E-state index is 0.0553. The van der Waals surface area contributed by atoms with Crippen LogP contribution in [-0.4, -0.2) is 40.0 Å². The van der Waals surface area contributed by atoms with E-state index in [4.69, 9.17) is 5.11 Å². The van der Waals surface area contributed by atoms with Gasteiger partial charge in [-0.25, -0.2) is 14.2 Å². The highest BCUT2D eigenvalue weighted by Crippen LogP contribution is 2.14. The molecule has 1 aliphatic heterocycles. The van der Waals surface area contributed by atoms with Gasteiger partial charge in [-0.1, -0.05) is 0 Å². The Labute approximate surface area is 109 Å². The molecule has 0 aliphatic carbocycles. The third-order valence-electron chi connectivity index (χ3n) is 2.93. The van der Waals surface area contributed by atoms with Gasteiger partial charge in [0.15, 0.2) is 0 Å². The van der Waals surface area contributed by atoms with E-state index < -0.39 is 5.97 Å². The number of pyridine rings is 1. The predicted octanol–water partition coefficient (Wildman–Crippen LogP) is 1.79. The standard InChI is InChI=1S/C13H13FN2O3/c1-8-10(13(18)19)4-5-11(15-8)12(17)16-6-2-3-9(14)7-16/h3-5H,2,6-7H2,1H3,(H,18,19). The third kappa shape index (κ3) is 2.78. The summed E-state index contributed by atoms with van der Waals surface area (Å²) < 4.78 is 13.1. The Morgan fingerprint density at radius 1 is 1.42 bits per heavy atom. The summed E-state index contributed by atoms with van der Waals surface area (Å²) in [4.78, 5) is 28.3. The Kier molecular flexibility index (Phi) is 3.59. The molecule has 1 N–H and O–H groups in total. The van der Waals surface area contributed by atoms with E-state index in [0.717, 1.165) is 0 Å². The van der Waals surface area contributed by atoms with Crippen LogP contribution < -0.4 is 0 Å². The number of carboxylic acid groups (broad SMARTS) is 1. The van der Waals surface area contributed by atoms with E-state index in [1.54, 1.807) is 0 Å². The molecule has 6 heteroatoms. The maximum Gasteiger partial charge on any atom is 0.337 e. The van der Waals surface area contributed by atoms with Gasteiger partial charge in [0.05, 0.1) is 17.8 Å². The largest absolute Gasteiger partial charge is 0.478 e. The molecule has 0 aromatic carbocycles. The van der Waals surface area contributed by atoms with Crippen molar-refractivity contribution in [3.63, 3.8) is 0 Å². The molecule has 1 aromatic heterocycles. The topological polar surface area (TPSA) is 70.5 Å². The van der Waals surface area contributed by atoms with Crippen LogP contribution in [0.1, 0.15) is 33.0 Å². The van der Waals surface area contributed by atoms with Gasteiger partial charge < -0.3 is 10.0 Å². The summed E-state index contributed by atoms with van der Waals surface area (Å²) in [5.41, 5.74) is 0.463. The quantitative estimate of drug-likeness (QED) is 0.884. The highest BCUT2D eigenvalue weighted by atomic mass is 19.1. The van der Waals surface area contributed by atoms with Crippen LogP contribution in [-0.2, 0) is 0 Å². The highest BCUT2D eigenvalue weighted by Gasteiger charge is 2.21. The van der Waals surface area contributed by atoms with Crippen molar-refractivity contribution < 1.29 is 19.1 Å². The van der Waals surface area contributed by atoms with E-state index in [2.05, 4.69) is 4.98 Å². The first-order valence-electron chi connectivity index (χ1n) is 5.84. The van der Waals surface area contributed by atoms with Crippen LogP contribution in [0.15, 0.2) is 24.0 Å². The number of aromatic carboxylic acids is 1. The number of hydrogen-bond acceptors (Lipinski definition) is 3. The summed E-state index contributed by atoms with van der Waals surface area (Å²) >= 11 is 0. The molecule has 2 heterocycles. The first-order valence-corrected chi connectivity index (χ1v) is 5.84. The smallest absolute Gasteiger partial charge is 0.337 e. The molecule has 0 radical (unpaired) electrons. The summed E-state index contributed by atoms with van der Waals surface area (Å²) in [5.74, 6) is -1.81. The Morgan fingerprint density at radius 3 is 2.74 bits per heavy atom. The number of hydrogen-bond donors (Lipinski definition) is 1. The molecule has 19 heavy (non-hydrogen) atoms. The zero-order valence-electron chi connectivity index (χ0n) is 10.4. The van der Waals surface area contributed by atoms with Crippen LogP contribution in [0.3, 0.4) is 0 Å². The number of carbonyl (C=O) groups excluding carboxylic acids is 1. The Bertz CT molecular complexity index is 569. The number of carboxylic acids is 1. The average Bonchev–Trinajstić information content (AvgIpc) is 2.37. The van der Waals surface area contributed by atoms with E-state index >= 15 is 0 Å². The number of carbonyl (C=O) groups is 2. The molecular formula is C13H13FN2O3. The molecule has 1 amide bonds.